The third-order valence-electron chi connectivity index (χ3n) is 20.0. The Balaban J connectivity index is 0.000000121. The molecule has 14 aromatic carbocycles. The third kappa shape index (κ3) is 11.5. The second kappa shape index (κ2) is 26.3. The number of hydrogen-bond acceptors (Lipinski definition) is 5. The summed E-state index contributed by atoms with van der Waals surface area (Å²) >= 11 is 7.26. The van der Waals surface area contributed by atoms with Crippen molar-refractivity contribution in [3.8, 4) is 78.1 Å². The maximum atomic E-state index is 4.89. The summed E-state index contributed by atoms with van der Waals surface area (Å²) in [7, 11) is 0. The van der Waals surface area contributed by atoms with Crippen molar-refractivity contribution in [1.82, 2.24) is 18.8 Å². The minimum Gasteiger partial charge on any atom is -0.309 e. The first kappa shape index (κ1) is 61.8. The number of rotatable bonds is 9. The predicted octanol–water partition coefficient (Wildman–Crippen LogP) is 27.2. The summed E-state index contributed by atoms with van der Waals surface area (Å²) < 4.78 is 10.5. The second-order valence-electron chi connectivity index (χ2n) is 26.2. The summed E-state index contributed by atoms with van der Waals surface area (Å²) in [4.78, 5) is 11.9. The van der Waals surface area contributed by atoms with Crippen molar-refractivity contribution < 1.29 is 0 Å². The fraction of sp³-hybridized carbons (Fsp3) is 0.0105. The molecule has 0 atom stereocenters. The van der Waals surface area contributed by atoms with Crippen LogP contribution in [0.1, 0.15) is 11.1 Å². The van der Waals surface area contributed by atoms with Crippen LogP contribution in [0, 0.1) is 0 Å². The zero-order chi connectivity index (χ0) is 68.3. The Labute approximate surface area is 612 Å². The molecule has 6 heterocycles. The van der Waals surface area contributed by atoms with Crippen LogP contribution in [0.5, 0.6) is 0 Å². The van der Waals surface area contributed by atoms with Crippen LogP contribution in [0.2, 0.25) is 0 Å². The van der Waals surface area contributed by atoms with Crippen molar-refractivity contribution in [2.24, 2.45) is 0 Å². The molecule has 0 saturated carbocycles. The van der Waals surface area contributed by atoms with Crippen molar-refractivity contribution in [3.63, 3.8) is 0 Å². The zero-order valence-corrected chi connectivity index (χ0v) is 59.0. The van der Waals surface area contributed by atoms with E-state index < -0.39 is 0 Å². The maximum absolute atomic E-state index is 4.89. The van der Waals surface area contributed by atoms with Crippen molar-refractivity contribution >= 4 is 129 Å². The highest BCUT2D eigenvalue weighted by atomic mass is 79.9. The van der Waals surface area contributed by atoms with Gasteiger partial charge in [-0.15, -0.1) is 22.7 Å². The highest BCUT2D eigenvalue weighted by molar-refractivity contribution is 9.10. The van der Waals surface area contributed by atoms with Gasteiger partial charge in [0.05, 0.1) is 21.8 Å². The summed E-state index contributed by atoms with van der Waals surface area (Å²) in [6, 6.07) is 122. The number of imidazole rings is 2. The van der Waals surface area contributed by atoms with Gasteiger partial charge in [0.1, 0.15) is 11.3 Å². The summed E-state index contributed by atoms with van der Waals surface area (Å²) in [5.41, 5.74) is 25.2. The molecule has 0 spiro atoms. The number of anilines is 3. The lowest BCUT2D eigenvalue weighted by Gasteiger charge is -2.27. The van der Waals surface area contributed by atoms with E-state index in [9.17, 15) is 0 Å². The van der Waals surface area contributed by atoms with E-state index in [1.807, 2.05) is 94.2 Å². The van der Waals surface area contributed by atoms with Crippen LogP contribution in [0.25, 0.3) is 151 Å². The van der Waals surface area contributed by atoms with E-state index in [0.717, 1.165) is 56.1 Å². The van der Waals surface area contributed by atoms with Crippen LogP contribution in [0.15, 0.2) is 369 Å². The number of hydrogen-bond donors (Lipinski definition) is 0. The van der Waals surface area contributed by atoms with Gasteiger partial charge in [-0.3, -0.25) is 0 Å². The van der Waals surface area contributed by atoms with Crippen LogP contribution in [-0.2, 0) is 6.42 Å². The first-order chi connectivity index (χ1) is 50.9. The van der Waals surface area contributed by atoms with Gasteiger partial charge in [0.15, 0.2) is 0 Å². The fourth-order valence-corrected chi connectivity index (χ4v) is 17.7. The molecule has 1 aliphatic rings. The molecule has 8 heteroatoms. The lowest BCUT2D eigenvalue weighted by Crippen LogP contribution is -2.10. The van der Waals surface area contributed by atoms with Gasteiger partial charge in [0.2, 0.25) is 0 Å². The van der Waals surface area contributed by atoms with Gasteiger partial charge in [-0.25, -0.2) is 9.97 Å². The number of thiophene rings is 2. The summed E-state index contributed by atoms with van der Waals surface area (Å²) in [6.07, 6.45) is 9.18. The number of nitrogens with zero attached hydrogens (tertiary/aromatic N) is 5. The molecule has 103 heavy (non-hydrogen) atoms. The van der Waals surface area contributed by atoms with Gasteiger partial charge in [-0.05, 0) is 185 Å². The molecule has 0 bridgehead atoms. The van der Waals surface area contributed by atoms with Gasteiger partial charge in [0, 0.05) is 93.8 Å². The Morgan fingerprint density at radius 1 is 0.330 bits per heavy atom. The van der Waals surface area contributed by atoms with Crippen molar-refractivity contribution in [1.29, 1.82) is 0 Å². The monoisotopic (exact) mass is 1420 g/mol. The van der Waals surface area contributed by atoms with Crippen LogP contribution in [0.4, 0.5) is 17.1 Å². The molecular formula is C95H62BrN5S2. The van der Waals surface area contributed by atoms with Gasteiger partial charge in [-0.2, -0.15) is 0 Å². The van der Waals surface area contributed by atoms with Crippen LogP contribution < -0.4 is 4.90 Å². The Morgan fingerprint density at radius 3 is 1.29 bits per heavy atom. The molecule has 21 rings (SSSR count). The Morgan fingerprint density at radius 2 is 0.748 bits per heavy atom. The van der Waals surface area contributed by atoms with Crippen LogP contribution in [-0.4, -0.2) is 18.8 Å². The number of aromatic nitrogens is 4. The predicted molar refractivity (Wildman–Crippen MR) is 441 cm³/mol. The number of fused-ring (bicyclic) bond motifs is 17. The average Bonchev–Trinajstić information content (AvgIpc) is 1.57. The number of pyridine rings is 2. The molecular weight excluding hydrogens is 1360 g/mol. The number of halogens is 1. The van der Waals surface area contributed by atoms with E-state index in [0.29, 0.717) is 0 Å². The highest BCUT2D eigenvalue weighted by Crippen LogP contribution is 2.53. The minimum atomic E-state index is 0.940. The largest absolute Gasteiger partial charge is 0.309 e. The summed E-state index contributed by atoms with van der Waals surface area (Å²) in [5.74, 6) is 0. The van der Waals surface area contributed by atoms with Crippen molar-refractivity contribution in [2.75, 3.05) is 4.90 Å². The minimum absolute atomic E-state index is 0.940. The highest BCUT2D eigenvalue weighted by Gasteiger charge is 2.28. The molecule has 0 radical (unpaired) electrons. The normalized spacial score (nSPS) is 11.7. The lowest BCUT2D eigenvalue weighted by atomic mass is 9.92. The van der Waals surface area contributed by atoms with Gasteiger partial charge >= 0.3 is 0 Å². The first-order valence-electron chi connectivity index (χ1n) is 34.7. The number of benzene rings is 14. The molecule has 5 nitrogen and oxygen atoms in total. The second-order valence-corrected chi connectivity index (χ2v) is 29.2. The summed E-state index contributed by atoms with van der Waals surface area (Å²) in [6.45, 7) is 0. The zero-order valence-electron chi connectivity index (χ0n) is 55.8. The standard InChI is InChI=1S/C47H31N3S.C35H22S.C13H9BrN2/c1-3-11-32(12-4-1)34-18-23-38(24-19-34)50(39-25-20-35(21-26-39)42-31-49-28-10-9-17-45(49)48-42)43-30-37-15-7-8-16-40(37)46-41-29-36(33-13-5-2-6-14-33)22-27-44(41)51-47(43)46;1-3-9-22(10-4-1)24-15-16-26-21-31-33(29(26)19-24)27-13-7-8-14-28(27)34-30-20-25(23-11-5-2-6-12-23)17-18-32(30)36-35(31)34;14-11-6-4-10(5-7-11)12-9-16-8-2-1-3-13(16)15-12/h1-31H;1-20H,21H2;1-9H. The van der Waals surface area contributed by atoms with Crippen LogP contribution >= 0.6 is 38.6 Å². The topological polar surface area (TPSA) is 37.8 Å². The maximum Gasteiger partial charge on any atom is 0.137 e. The molecule has 0 fully saturated rings. The SMILES string of the molecule is Brc1ccc(-c2cn3ccccc3n2)cc1.c1ccc(-c2ccc(N(c3ccc(-c4cn5ccccc5n4)cc3)c3cc4ccccc4c4c3sc3ccc(-c5ccccc5)cc34)cc2)cc1.c1ccc(-c2ccc3c(c2)-c2c(c4sc5ccc(-c6ccccc6)cc5c4c4ccccc24)C3)cc1. The van der Waals surface area contributed by atoms with Gasteiger partial charge < -0.3 is 13.7 Å². The summed E-state index contributed by atoms with van der Waals surface area (Å²) in [5, 5.41) is 10.6. The van der Waals surface area contributed by atoms with Crippen molar-refractivity contribution in [3.05, 3.63) is 380 Å². The molecule has 0 N–H and O–H groups in total. The van der Waals surface area contributed by atoms with E-state index in [2.05, 4.69) is 328 Å². The molecule has 20 aromatic rings. The van der Waals surface area contributed by atoms with Gasteiger partial charge in [0.25, 0.3) is 0 Å². The Bertz CT molecular complexity index is 6500. The van der Waals surface area contributed by atoms with E-state index in [1.165, 1.54) is 134 Å². The smallest absolute Gasteiger partial charge is 0.137 e. The van der Waals surface area contributed by atoms with Gasteiger partial charge in [-0.1, -0.05) is 259 Å². The van der Waals surface area contributed by atoms with E-state index in [1.54, 1.807) is 0 Å². The molecule has 0 saturated heterocycles. The van der Waals surface area contributed by atoms with Crippen molar-refractivity contribution in [2.45, 2.75) is 6.42 Å². The third-order valence-corrected chi connectivity index (χ3v) is 23.0. The Hall–Kier alpha value is -12.3. The van der Waals surface area contributed by atoms with Crippen LogP contribution in [0.3, 0.4) is 0 Å². The van der Waals surface area contributed by atoms with E-state index in [-0.39, 0.29) is 0 Å². The molecule has 0 unspecified atom stereocenters. The average molecular weight is 1420 g/mol. The molecule has 1 aliphatic carbocycles. The quantitative estimate of drug-likeness (QED) is 0.145. The fourth-order valence-electron chi connectivity index (χ4n) is 15.0. The molecule has 0 amide bonds. The molecule has 6 aromatic heterocycles. The first-order valence-corrected chi connectivity index (χ1v) is 37.1. The van der Waals surface area contributed by atoms with E-state index in [4.69, 9.17) is 4.98 Å². The molecule has 0 aliphatic heterocycles. The van der Waals surface area contributed by atoms with E-state index >= 15 is 0 Å². The Kier molecular flexibility index (Phi) is 15.8. The molecule has 486 valence electrons. The lowest BCUT2D eigenvalue weighted by molar-refractivity contribution is 1.19.